The molecular formula is C23H18N4O3. The zero-order valence-electron chi connectivity index (χ0n) is 16.2. The molecule has 0 radical (unpaired) electrons. The van der Waals surface area contributed by atoms with Gasteiger partial charge in [-0.25, -0.2) is 9.97 Å². The number of rotatable bonds is 3. The van der Waals surface area contributed by atoms with Crippen LogP contribution in [0, 0.1) is 11.8 Å². The largest absolute Gasteiger partial charge is 0.497 e. The minimum Gasteiger partial charge on any atom is -0.497 e. The third-order valence-electron chi connectivity index (χ3n) is 4.55. The molecule has 0 saturated carbocycles. The van der Waals surface area contributed by atoms with Crippen LogP contribution >= 0.6 is 0 Å². The summed E-state index contributed by atoms with van der Waals surface area (Å²) >= 11 is 0. The van der Waals surface area contributed by atoms with Crippen molar-refractivity contribution in [2.75, 3.05) is 17.7 Å². The van der Waals surface area contributed by atoms with Gasteiger partial charge in [-0.15, -0.1) is 0 Å². The molecule has 30 heavy (non-hydrogen) atoms. The van der Waals surface area contributed by atoms with Crippen LogP contribution in [0.25, 0.3) is 0 Å². The summed E-state index contributed by atoms with van der Waals surface area (Å²) in [5.41, 5.74) is 3.46. The molecule has 0 atom stereocenters. The van der Waals surface area contributed by atoms with Crippen molar-refractivity contribution in [1.82, 2.24) is 9.97 Å². The van der Waals surface area contributed by atoms with E-state index in [0.717, 1.165) is 11.3 Å². The molecule has 1 aliphatic rings. The van der Waals surface area contributed by atoms with Crippen LogP contribution in [0.2, 0.25) is 0 Å². The number of amides is 2. The topological polar surface area (TPSA) is 93.2 Å². The number of fused-ring (bicyclic) bond motifs is 1. The molecule has 2 N–H and O–H groups in total. The standard InChI is InChI=1S/C23H18N4O3/c1-30-19-12-15(3-7-21-24-9-2-10-25-21)11-17(14-19)23(29)26-18-5-6-20-16(13-18)4-8-22(28)27-20/h2,5-6,9-14H,4,8H2,1H3,(H,26,29)(H,27,28). The molecule has 4 rings (SSSR count). The normalized spacial score (nSPS) is 12.1. The first-order chi connectivity index (χ1) is 14.6. The molecule has 1 aliphatic heterocycles. The van der Waals surface area contributed by atoms with E-state index < -0.39 is 0 Å². The van der Waals surface area contributed by atoms with Crippen LogP contribution in [-0.4, -0.2) is 28.9 Å². The second kappa shape index (κ2) is 8.45. The minimum absolute atomic E-state index is 0.00482. The number of nitrogens with zero attached hydrogens (tertiary/aromatic N) is 2. The molecule has 2 heterocycles. The molecule has 2 amide bonds. The molecule has 148 valence electrons. The highest BCUT2D eigenvalue weighted by Crippen LogP contribution is 2.26. The van der Waals surface area contributed by atoms with Crippen molar-refractivity contribution >= 4 is 23.2 Å². The molecule has 0 bridgehead atoms. The van der Waals surface area contributed by atoms with E-state index in [2.05, 4.69) is 32.4 Å². The van der Waals surface area contributed by atoms with Gasteiger partial charge in [0.1, 0.15) is 5.75 Å². The average Bonchev–Trinajstić information content (AvgIpc) is 2.78. The van der Waals surface area contributed by atoms with Crippen molar-refractivity contribution in [3.63, 3.8) is 0 Å². The highest BCUT2D eigenvalue weighted by atomic mass is 16.5. The number of ether oxygens (including phenoxy) is 1. The van der Waals surface area contributed by atoms with E-state index in [1.54, 1.807) is 48.8 Å². The lowest BCUT2D eigenvalue weighted by Gasteiger charge is -2.17. The predicted molar refractivity (Wildman–Crippen MR) is 112 cm³/mol. The van der Waals surface area contributed by atoms with E-state index in [-0.39, 0.29) is 11.8 Å². The first-order valence-electron chi connectivity index (χ1n) is 9.33. The number of methoxy groups -OCH3 is 1. The fourth-order valence-corrected chi connectivity index (χ4v) is 3.08. The smallest absolute Gasteiger partial charge is 0.255 e. The van der Waals surface area contributed by atoms with Crippen molar-refractivity contribution in [1.29, 1.82) is 0 Å². The maximum Gasteiger partial charge on any atom is 0.255 e. The van der Waals surface area contributed by atoms with E-state index in [0.29, 0.717) is 41.2 Å². The van der Waals surface area contributed by atoms with Crippen LogP contribution in [0.5, 0.6) is 5.75 Å². The molecule has 0 aliphatic carbocycles. The van der Waals surface area contributed by atoms with Crippen LogP contribution in [0.4, 0.5) is 11.4 Å². The number of hydrogen-bond donors (Lipinski definition) is 2. The molecule has 3 aromatic rings. The van der Waals surface area contributed by atoms with Crippen molar-refractivity contribution in [2.45, 2.75) is 12.8 Å². The SMILES string of the molecule is COc1cc(C#Cc2ncccn2)cc(C(=O)Nc2ccc3c(c2)CCC(=O)N3)c1. The molecule has 0 fully saturated rings. The van der Waals surface area contributed by atoms with E-state index in [9.17, 15) is 9.59 Å². The van der Waals surface area contributed by atoms with Gasteiger partial charge in [-0.2, -0.15) is 0 Å². The molecule has 7 nitrogen and oxygen atoms in total. The number of benzene rings is 2. The van der Waals surface area contributed by atoms with Gasteiger partial charge in [0.25, 0.3) is 5.91 Å². The zero-order chi connectivity index (χ0) is 20.9. The number of aromatic nitrogens is 2. The van der Waals surface area contributed by atoms with Crippen LogP contribution in [0.3, 0.4) is 0 Å². The number of carbonyl (C=O) groups is 2. The lowest BCUT2D eigenvalue weighted by atomic mass is 10.0. The Morgan fingerprint density at radius 1 is 1.10 bits per heavy atom. The number of carbonyl (C=O) groups excluding carboxylic acids is 2. The minimum atomic E-state index is -0.285. The summed E-state index contributed by atoms with van der Waals surface area (Å²) in [6.07, 6.45) is 4.32. The maximum absolute atomic E-state index is 12.8. The van der Waals surface area contributed by atoms with E-state index in [1.165, 1.54) is 7.11 Å². The van der Waals surface area contributed by atoms with Crippen LogP contribution < -0.4 is 15.4 Å². The third-order valence-corrected chi connectivity index (χ3v) is 4.55. The summed E-state index contributed by atoms with van der Waals surface area (Å²) in [5.74, 6) is 6.47. The molecule has 2 aromatic carbocycles. The summed E-state index contributed by atoms with van der Waals surface area (Å²) in [5, 5.41) is 5.72. The summed E-state index contributed by atoms with van der Waals surface area (Å²) in [6, 6.07) is 12.2. The number of aryl methyl sites for hydroxylation is 1. The lowest BCUT2D eigenvalue weighted by Crippen LogP contribution is -2.19. The van der Waals surface area contributed by atoms with Crippen LogP contribution in [0.1, 0.15) is 33.7 Å². The molecule has 0 spiro atoms. The van der Waals surface area contributed by atoms with Crippen molar-refractivity contribution in [3.8, 4) is 17.6 Å². The molecule has 0 saturated heterocycles. The Kier molecular flexibility index (Phi) is 5.39. The fraction of sp³-hybridized carbons (Fsp3) is 0.130. The lowest BCUT2D eigenvalue weighted by molar-refractivity contribution is -0.116. The van der Waals surface area contributed by atoms with Gasteiger partial charge in [-0.05, 0) is 60.4 Å². The Bertz CT molecular complexity index is 1180. The van der Waals surface area contributed by atoms with Crippen molar-refractivity contribution in [2.24, 2.45) is 0 Å². The molecule has 7 heteroatoms. The van der Waals surface area contributed by atoms with Gasteiger partial charge in [-0.3, -0.25) is 9.59 Å². The monoisotopic (exact) mass is 398 g/mol. The zero-order valence-corrected chi connectivity index (χ0v) is 16.2. The fourth-order valence-electron chi connectivity index (χ4n) is 3.08. The Hall–Kier alpha value is -4.18. The Balaban J connectivity index is 1.57. The summed E-state index contributed by atoms with van der Waals surface area (Å²) in [6.45, 7) is 0. The summed E-state index contributed by atoms with van der Waals surface area (Å²) in [4.78, 5) is 32.5. The summed E-state index contributed by atoms with van der Waals surface area (Å²) < 4.78 is 5.31. The Morgan fingerprint density at radius 3 is 2.73 bits per heavy atom. The second-order valence-electron chi connectivity index (χ2n) is 6.65. The summed E-state index contributed by atoms with van der Waals surface area (Å²) in [7, 11) is 1.53. The van der Waals surface area contributed by atoms with Gasteiger partial charge in [0.15, 0.2) is 0 Å². The second-order valence-corrected chi connectivity index (χ2v) is 6.65. The molecular weight excluding hydrogens is 380 g/mol. The van der Waals surface area contributed by atoms with Gasteiger partial charge in [0.2, 0.25) is 11.7 Å². The van der Waals surface area contributed by atoms with Gasteiger partial charge >= 0.3 is 0 Å². The van der Waals surface area contributed by atoms with E-state index >= 15 is 0 Å². The first-order valence-corrected chi connectivity index (χ1v) is 9.33. The quantitative estimate of drug-likeness (QED) is 0.662. The number of hydrogen-bond acceptors (Lipinski definition) is 5. The maximum atomic E-state index is 12.8. The van der Waals surface area contributed by atoms with Gasteiger partial charge in [0.05, 0.1) is 7.11 Å². The Morgan fingerprint density at radius 2 is 1.93 bits per heavy atom. The number of nitrogens with one attached hydrogen (secondary N) is 2. The Labute approximate surface area is 173 Å². The van der Waals surface area contributed by atoms with Gasteiger partial charge in [0, 0.05) is 41.3 Å². The number of anilines is 2. The molecule has 1 aromatic heterocycles. The van der Waals surface area contributed by atoms with Crippen molar-refractivity contribution < 1.29 is 14.3 Å². The highest BCUT2D eigenvalue weighted by Gasteiger charge is 2.16. The van der Waals surface area contributed by atoms with Crippen LogP contribution in [0.15, 0.2) is 54.9 Å². The average molecular weight is 398 g/mol. The van der Waals surface area contributed by atoms with E-state index in [4.69, 9.17) is 4.74 Å². The third kappa shape index (κ3) is 4.45. The van der Waals surface area contributed by atoms with Crippen molar-refractivity contribution in [3.05, 3.63) is 77.4 Å². The molecule has 0 unspecified atom stereocenters. The highest BCUT2D eigenvalue weighted by molar-refractivity contribution is 6.05. The van der Waals surface area contributed by atoms with Crippen LogP contribution in [-0.2, 0) is 11.2 Å². The van der Waals surface area contributed by atoms with Gasteiger partial charge in [-0.1, -0.05) is 5.92 Å². The van der Waals surface area contributed by atoms with Gasteiger partial charge < -0.3 is 15.4 Å². The first kappa shape index (κ1) is 19.2. The van der Waals surface area contributed by atoms with E-state index in [1.807, 2.05) is 6.07 Å². The predicted octanol–water partition coefficient (Wildman–Crippen LogP) is 3.02.